The quantitative estimate of drug-likeness (QED) is 0.701. The molecule has 0 fully saturated rings. The monoisotopic (exact) mass is 219 g/mol. The summed E-state index contributed by atoms with van der Waals surface area (Å²) >= 11 is 6.36. The second-order valence-electron chi connectivity index (χ2n) is 3.67. The summed E-state index contributed by atoms with van der Waals surface area (Å²) < 4.78 is 0. The van der Waals surface area contributed by atoms with Crippen molar-refractivity contribution in [2.24, 2.45) is 0 Å². The summed E-state index contributed by atoms with van der Waals surface area (Å²) in [6, 6.07) is 10.2. The van der Waals surface area contributed by atoms with Crippen molar-refractivity contribution in [3.8, 4) is 0 Å². The number of hydrogen-bond donors (Lipinski definition) is 0. The maximum Gasteiger partial charge on any atom is 0.0705 e. The number of pyridine rings is 1. The van der Waals surface area contributed by atoms with E-state index in [1.807, 2.05) is 24.4 Å². The number of nitrogens with zero attached hydrogens (tertiary/aromatic N) is 1. The van der Waals surface area contributed by atoms with Crippen molar-refractivity contribution in [3.05, 3.63) is 42.1 Å². The fraction of sp³-hybridized carbons (Fsp3) is 0.308. The van der Waals surface area contributed by atoms with E-state index in [1.165, 1.54) is 10.9 Å². The van der Waals surface area contributed by atoms with E-state index in [0.29, 0.717) is 0 Å². The second kappa shape index (κ2) is 4.63. The van der Waals surface area contributed by atoms with Gasteiger partial charge in [0.1, 0.15) is 0 Å². The van der Waals surface area contributed by atoms with Crippen LogP contribution in [-0.4, -0.2) is 4.98 Å². The molecule has 1 atom stereocenters. The number of aromatic nitrogens is 1. The van der Waals surface area contributed by atoms with Crippen LogP contribution in [0.25, 0.3) is 10.9 Å². The standard InChI is InChI=1S/C13H14ClN/c1-2-5-12(14)10-6-3-8-13-11(10)7-4-9-15-13/h3-4,6-9,12H,2,5H2,1H3. The van der Waals surface area contributed by atoms with Crippen LogP contribution in [0.5, 0.6) is 0 Å². The van der Waals surface area contributed by atoms with E-state index in [9.17, 15) is 0 Å². The van der Waals surface area contributed by atoms with Crippen LogP contribution in [0.1, 0.15) is 30.7 Å². The molecular weight excluding hydrogens is 206 g/mol. The molecule has 2 aromatic rings. The zero-order valence-corrected chi connectivity index (χ0v) is 9.54. The van der Waals surface area contributed by atoms with Gasteiger partial charge in [-0.05, 0) is 24.1 Å². The zero-order chi connectivity index (χ0) is 10.7. The predicted molar refractivity (Wildman–Crippen MR) is 65.2 cm³/mol. The highest BCUT2D eigenvalue weighted by Gasteiger charge is 2.09. The molecular formula is C13H14ClN. The van der Waals surface area contributed by atoms with E-state index >= 15 is 0 Å². The molecule has 78 valence electrons. The highest BCUT2D eigenvalue weighted by Crippen LogP contribution is 2.30. The largest absolute Gasteiger partial charge is 0.256 e. The molecule has 1 aromatic carbocycles. The summed E-state index contributed by atoms with van der Waals surface area (Å²) in [6.45, 7) is 2.15. The van der Waals surface area contributed by atoms with Crippen molar-refractivity contribution >= 4 is 22.5 Å². The smallest absolute Gasteiger partial charge is 0.0705 e. The summed E-state index contributed by atoms with van der Waals surface area (Å²) in [4.78, 5) is 4.33. The normalized spacial score (nSPS) is 12.9. The average Bonchev–Trinajstić information content (AvgIpc) is 2.28. The molecule has 0 aliphatic heterocycles. The molecule has 0 bridgehead atoms. The summed E-state index contributed by atoms with van der Waals surface area (Å²) in [7, 11) is 0. The minimum absolute atomic E-state index is 0.0999. The number of rotatable bonds is 3. The molecule has 0 radical (unpaired) electrons. The molecule has 0 saturated heterocycles. The molecule has 1 unspecified atom stereocenters. The lowest BCUT2D eigenvalue weighted by molar-refractivity contribution is 0.774. The van der Waals surface area contributed by atoms with Gasteiger partial charge in [-0.25, -0.2) is 0 Å². The van der Waals surface area contributed by atoms with Crippen molar-refractivity contribution in [3.63, 3.8) is 0 Å². The van der Waals surface area contributed by atoms with E-state index in [-0.39, 0.29) is 5.38 Å². The molecule has 2 rings (SSSR count). The van der Waals surface area contributed by atoms with Crippen LogP contribution in [0.3, 0.4) is 0 Å². The Hall–Kier alpha value is -1.08. The lowest BCUT2D eigenvalue weighted by Crippen LogP contribution is -1.92. The first kappa shape index (κ1) is 10.4. The van der Waals surface area contributed by atoms with Crippen molar-refractivity contribution in [2.75, 3.05) is 0 Å². The van der Waals surface area contributed by atoms with Gasteiger partial charge in [-0.15, -0.1) is 11.6 Å². The van der Waals surface area contributed by atoms with Gasteiger partial charge in [0.2, 0.25) is 0 Å². The third-order valence-corrected chi connectivity index (χ3v) is 3.01. The minimum atomic E-state index is 0.0999. The molecule has 15 heavy (non-hydrogen) atoms. The Labute approximate surface area is 95.1 Å². The van der Waals surface area contributed by atoms with Gasteiger partial charge in [0.15, 0.2) is 0 Å². The topological polar surface area (TPSA) is 12.9 Å². The Kier molecular flexibility index (Phi) is 3.22. The van der Waals surface area contributed by atoms with Gasteiger partial charge in [0.25, 0.3) is 0 Å². The first-order valence-corrected chi connectivity index (χ1v) is 5.74. The van der Waals surface area contributed by atoms with Crippen molar-refractivity contribution in [1.29, 1.82) is 0 Å². The predicted octanol–water partition coefficient (Wildman–Crippen LogP) is 4.31. The lowest BCUT2D eigenvalue weighted by Gasteiger charge is -2.11. The average molecular weight is 220 g/mol. The first-order chi connectivity index (χ1) is 7.33. The Bertz CT molecular complexity index is 448. The Morgan fingerprint density at radius 3 is 2.93 bits per heavy atom. The van der Waals surface area contributed by atoms with E-state index in [4.69, 9.17) is 11.6 Å². The zero-order valence-electron chi connectivity index (χ0n) is 8.78. The van der Waals surface area contributed by atoms with Crippen LogP contribution in [0, 0.1) is 0 Å². The summed E-state index contributed by atoms with van der Waals surface area (Å²) in [5.41, 5.74) is 2.22. The van der Waals surface area contributed by atoms with E-state index < -0.39 is 0 Å². The lowest BCUT2D eigenvalue weighted by atomic mass is 10.0. The molecule has 2 heteroatoms. The van der Waals surface area contributed by atoms with Crippen LogP contribution in [-0.2, 0) is 0 Å². The fourth-order valence-corrected chi connectivity index (χ4v) is 2.22. The number of alkyl halides is 1. The molecule has 0 aliphatic rings. The van der Waals surface area contributed by atoms with Crippen LogP contribution >= 0.6 is 11.6 Å². The van der Waals surface area contributed by atoms with Gasteiger partial charge in [0, 0.05) is 11.6 Å². The van der Waals surface area contributed by atoms with Crippen molar-refractivity contribution in [2.45, 2.75) is 25.1 Å². The van der Waals surface area contributed by atoms with Crippen molar-refractivity contribution < 1.29 is 0 Å². The van der Waals surface area contributed by atoms with Crippen LogP contribution in [0.4, 0.5) is 0 Å². The van der Waals surface area contributed by atoms with Gasteiger partial charge in [-0.3, -0.25) is 4.98 Å². The highest BCUT2D eigenvalue weighted by molar-refractivity contribution is 6.21. The van der Waals surface area contributed by atoms with E-state index in [0.717, 1.165) is 18.4 Å². The maximum absolute atomic E-state index is 6.36. The van der Waals surface area contributed by atoms with Crippen LogP contribution in [0.2, 0.25) is 0 Å². The molecule has 0 aliphatic carbocycles. The molecule has 1 nitrogen and oxygen atoms in total. The molecule has 1 heterocycles. The number of fused-ring (bicyclic) bond motifs is 1. The SMILES string of the molecule is CCCC(Cl)c1cccc2ncccc12. The first-order valence-electron chi connectivity index (χ1n) is 5.30. The Morgan fingerprint density at radius 1 is 1.27 bits per heavy atom. The third kappa shape index (κ3) is 2.13. The van der Waals surface area contributed by atoms with Gasteiger partial charge in [0.05, 0.1) is 10.9 Å². The highest BCUT2D eigenvalue weighted by atomic mass is 35.5. The number of hydrogen-bond acceptors (Lipinski definition) is 1. The Morgan fingerprint density at radius 2 is 2.13 bits per heavy atom. The summed E-state index contributed by atoms with van der Waals surface area (Å²) in [5.74, 6) is 0. The summed E-state index contributed by atoms with van der Waals surface area (Å²) in [5, 5.41) is 1.27. The summed E-state index contributed by atoms with van der Waals surface area (Å²) in [6.07, 6.45) is 3.93. The Balaban J connectivity index is 2.50. The number of halogens is 1. The minimum Gasteiger partial charge on any atom is -0.256 e. The van der Waals surface area contributed by atoms with Crippen LogP contribution < -0.4 is 0 Å². The fourth-order valence-electron chi connectivity index (χ4n) is 1.81. The van der Waals surface area contributed by atoms with Gasteiger partial charge >= 0.3 is 0 Å². The van der Waals surface area contributed by atoms with E-state index in [1.54, 1.807) is 0 Å². The third-order valence-electron chi connectivity index (χ3n) is 2.56. The molecule has 0 spiro atoms. The van der Waals surface area contributed by atoms with Gasteiger partial charge in [-0.1, -0.05) is 31.5 Å². The maximum atomic E-state index is 6.36. The van der Waals surface area contributed by atoms with Crippen LogP contribution in [0.15, 0.2) is 36.5 Å². The van der Waals surface area contributed by atoms with Gasteiger partial charge in [-0.2, -0.15) is 0 Å². The molecule has 0 saturated carbocycles. The molecule has 0 N–H and O–H groups in total. The van der Waals surface area contributed by atoms with Crippen molar-refractivity contribution in [1.82, 2.24) is 4.98 Å². The number of benzene rings is 1. The molecule has 0 amide bonds. The van der Waals surface area contributed by atoms with Gasteiger partial charge < -0.3 is 0 Å². The molecule has 1 aromatic heterocycles. The van der Waals surface area contributed by atoms with E-state index in [2.05, 4.69) is 24.0 Å². The second-order valence-corrected chi connectivity index (χ2v) is 4.20.